The van der Waals surface area contributed by atoms with E-state index in [0.717, 1.165) is 6.29 Å². The Hall–Kier alpha value is -2.15. The van der Waals surface area contributed by atoms with Gasteiger partial charge in [0.05, 0.1) is 49.6 Å². The number of allylic oxidation sites excluding steroid dienone is 3. The van der Waals surface area contributed by atoms with E-state index >= 15 is 0 Å². The van der Waals surface area contributed by atoms with Gasteiger partial charge < -0.3 is 63.3 Å². The van der Waals surface area contributed by atoms with E-state index in [2.05, 4.69) is 0 Å². The van der Waals surface area contributed by atoms with Crippen molar-refractivity contribution in [2.75, 3.05) is 34.9 Å². The normalized spacial score (nSPS) is 43.6. The third-order valence-corrected chi connectivity index (χ3v) is 11.1. The zero-order valence-corrected chi connectivity index (χ0v) is 33.5. The van der Waals surface area contributed by atoms with Gasteiger partial charge >= 0.3 is 5.97 Å². The molecule has 3 aliphatic heterocycles. The fourth-order valence-corrected chi connectivity index (χ4v) is 7.76. The number of aliphatic hydroxyl groups excluding tert-OH is 4. The maximum Gasteiger partial charge on any atom is 0.308 e. The number of cyclic esters (lactones) is 1. The van der Waals surface area contributed by atoms with Crippen LogP contribution in [-0.2, 0) is 47.5 Å². The summed E-state index contributed by atoms with van der Waals surface area (Å²) in [6.07, 6.45) is -5.36. The fraction of sp³-hybridized carbons (Fsp3) is 0.821. The average molecular weight is 772 g/mol. The van der Waals surface area contributed by atoms with Crippen LogP contribution < -0.4 is 0 Å². The minimum atomic E-state index is -1.31. The van der Waals surface area contributed by atoms with Crippen molar-refractivity contribution in [3.63, 3.8) is 0 Å². The van der Waals surface area contributed by atoms with Crippen LogP contribution in [0, 0.1) is 23.7 Å². The van der Waals surface area contributed by atoms with Crippen LogP contribution >= 0.6 is 0 Å². The molecule has 4 N–H and O–H groups in total. The molecule has 0 aliphatic carbocycles. The van der Waals surface area contributed by atoms with Crippen LogP contribution in [0.5, 0.6) is 0 Å². The van der Waals surface area contributed by atoms with Gasteiger partial charge in [-0.25, -0.2) is 0 Å². The Morgan fingerprint density at radius 2 is 1.52 bits per heavy atom. The van der Waals surface area contributed by atoms with E-state index < -0.39 is 116 Å². The third-order valence-electron chi connectivity index (χ3n) is 11.1. The van der Waals surface area contributed by atoms with Crippen molar-refractivity contribution in [1.82, 2.24) is 4.90 Å². The number of ketones is 1. The summed E-state index contributed by atoms with van der Waals surface area (Å²) >= 11 is 0. The SMILES string of the molecule is CC[C@H]1OC(=O)C[C@H](O)[C@H](C)[C@@H](O[C@@H]2O[C@H](C)[C@@H](O)[C@H](N(C)C)[C@H]2O)[C@@H](CC=O)C[C@@H](C)C(=O)/C=C/C(C)=C/[C@@H]1CO[C@@H]1O[C@H](C)[C@@H](O)[C@@H](OC)[C@H]1OC. The number of aliphatic hydroxyl groups is 4. The smallest absolute Gasteiger partial charge is 0.308 e. The van der Waals surface area contributed by atoms with Crippen LogP contribution in [0.2, 0.25) is 0 Å². The van der Waals surface area contributed by atoms with Gasteiger partial charge in [0.25, 0.3) is 0 Å². The molecule has 3 rings (SSSR count). The van der Waals surface area contributed by atoms with Crippen LogP contribution in [0.4, 0.5) is 0 Å². The molecule has 0 saturated carbocycles. The number of methoxy groups -OCH3 is 2. The lowest BCUT2D eigenvalue weighted by atomic mass is 9.79. The second-order valence-corrected chi connectivity index (χ2v) is 15.4. The summed E-state index contributed by atoms with van der Waals surface area (Å²) in [6.45, 7) is 10.5. The maximum absolute atomic E-state index is 13.6. The number of hydrogen-bond acceptors (Lipinski definition) is 15. The van der Waals surface area contributed by atoms with Crippen LogP contribution in [0.25, 0.3) is 0 Å². The molecule has 15 heteroatoms. The van der Waals surface area contributed by atoms with E-state index in [0.29, 0.717) is 12.0 Å². The molecule has 0 unspecified atom stereocenters. The quantitative estimate of drug-likeness (QED) is 0.174. The monoisotopic (exact) mass is 771 g/mol. The van der Waals surface area contributed by atoms with Gasteiger partial charge in [0.1, 0.15) is 36.8 Å². The molecule has 3 aliphatic rings. The molecule has 0 aromatic rings. The summed E-state index contributed by atoms with van der Waals surface area (Å²) in [6, 6.07) is -0.740. The summed E-state index contributed by atoms with van der Waals surface area (Å²) in [5.41, 5.74) is 0.701. The van der Waals surface area contributed by atoms with Gasteiger partial charge in [0, 0.05) is 38.4 Å². The summed E-state index contributed by atoms with van der Waals surface area (Å²) in [5, 5.41) is 44.2. The molecule has 0 aromatic heterocycles. The maximum atomic E-state index is 13.6. The lowest BCUT2D eigenvalue weighted by Crippen LogP contribution is -2.63. The molecule has 3 heterocycles. The van der Waals surface area contributed by atoms with Crippen LogP contribution in [0.3, 0.4) is 0 Å². The topological polar surface area (TPSA) is 200 Å². The first-order valence-electron chi connectivity index (χ1n) is 19.0. The lowest BCUT2D eigenvalue weighted by Gasteiger charge is -2.46. The molecule has 0 spiro atoms. The third kappa shape index (κ3) is 11.7. The van der Waals surface area contributed by atoms with Gasteiger partial charge in [-0.15, -0.1) is 0 Å². The molecule has 0 radical (unpaired) electrons. The molecular weight excluding hydrogens is 706 g/mol. The molecule has 17 atom stereocenters. The molecule has 15 nitrogen and oxygen atoms in total. The van der Waals surface area contributed by atoms with Crippen molar-refractivity contribution in [1.29, 1.82) is 0 Å². The first-order chi connectivity index (χ1) is 25.5. The van der Waals surface area contributed by atoms with E-state index in [1.807, 2.05) is 19.9 Å². The number of carbonyl (C=O) groups excluding carboxylic acids is 3. The van der Waals surface area contributed by atoms with Crippen LogP contribution in [0.15, 0.2) is 23.8 Å². The van der Waals surface area contributed by atoms with Crippen LogP contribution in [0.1, 0.15) is 67.2 Å². The van der Waals surface area contributed by atoms with E-state index in [9.17, 15) is 34.8 Å². The number of esters is 1. The van der Waals surface area contributed by atoms with Crippen molar-refractivity contribution < 1.29 is 68.0 Å². The number of rotatable bonds is 11. The summed E-state index contributed by atoms with van der Waals surface area (Å²) in [4.78, 5) is 40.8. The molecule has 310 valence electrons. The van der Waals surface area contributed by atoms with Gasteiger partial charge in [-0.2, -0.15) is 0 Å². The summed E-state index contributed by atoms with van der Waals surface area (Å²) < 4.78 is 41.6. The zero-order valence-electron chi connectivity index (χ0n) is 33.5. The largest absolute Gasteiger partial charge is 0.462 e. The minimum Gasteiger partial charge on any atom is -0.462 e. The van der Waals surface area contributed by atoms with E-state index in [-0.39, 0.29) is 25.2 Å². The first kappa shape index (κ1) is 46.2. The number of likely N-dealkylation sites (N-methyl/N-ethyl adjacent to an activating group) is 1. The molecule has 0 amide bonds. The van der Waals surface area contributed by atoms with Gasteiger partial charge in [-0.1, -0.05) is 38.5 Å². The highest BCUT2D eigenvalue weighted by Crippen LogP contribution is 2.35. The van der Waals surface area contributed by atoms with Gasteiger partial charge in [-0.05, 0) is 59.7 Å². The number of hydrogen-bond donors (Lipinski definition) is 4. The van der Waals surface area contributed by atoms with Crippen LogP contribution in [-0.4, -0.2) is 158 Å². The molecular formula is C39H65NO14. The zero-order chi connectivity index (χ0) is 40.4. The molecule has 0 aromatic carbocycles. The Morgan fingerprint density at radius 3 is 2.11 bits per heavy atom. The Bertz CT molecular complexity index is 1260. The first-order valence-corrected chi connectivity index (χ1v) is 19.0. The Kier molecular flexibility index (Phi) is 18.3. The standard InChI is InChI=1S/C39H65NO14/c1-11-29-26(19-50-39-37(49-10)36(48-9)33(46)24(6)52-39)16-20(2)12-13-27(42)21(3)17-25(14-15-41)35(22(4)28(43)18-30(44)53-29)54-38-34(47)31(40(7)8)32(45)23(5)51-38/h12-13,15-16,21-26,28-29,31-39,43,45-47H,11,14,17-19H2,1-10H3/b13-12+,20-16+/t21-,22+,23-,24-,25+,26-,28+,29-,31+,32-,33-,34-,35-,36-,37-,38+,39-/m1/s1. The Balaban J connectivity index is 1.96. The fourth-order valence-electron chi connectivity index (χ4n) is 7.76. The lowest BCUT2D eigenvalue weighted by molar-refractivity contribution is -0.304. The highest BCUT2D eigenvalue weighted by Gasteiger charge is 2.48. The summed E-state index contributed by atoms with van der Waals surface area (Å²) in [7, 11) is 6.36. The number of aldehydes is 1. The van der Waals surface area contributed by atoms with E-state index in [4.69, 9.17) is 33.2 Å². The Morgan fingerprint density at radius 1 is 0.889 bits per heavy atom. The average Bonchev–Trinajstić information content (AvgIpc) is 3.12. The number of carbonyl (C=O) groups is 3. The van der Waals surface area contributed by atoms with Crippen molar-refractivity contribution in [2.45, 2.75) is 147 Å². The highest BCUT2D eigenvalue weighted by molar-refractivity contribution is 5.91. The number of nitrogens with zero attached hydrogens (tertiary/aromatic N) is 1. The van der Waals surface area contributed by atoms with E-state index in [1.165, 1.54) is 20.3 Å². The van der Waals surface area contributed by atoms with Crippen molar-refractivity contribution >= 4 is 18.0 Å². The molecule has 2 fully saturated rings. The van der Waals surface area contributed by atoms with E-state index in [1.54, 1.807) is 52.8 Å². The second-order valence-electron chi connectivity index (χ2n) is 15.4. The molecule has 0 bridgehead atoms. The van der Waals surface area contributed by atoms with Gasteiger partial charge in [0.2, 0.25) is 0 Å². The molecule has 54 heavy (non-hydrogen) atoms. The second kappa shape index (κ2) is 21.4. The minimum absolute atomic E-state index is 0.0120. The predicted octanol–water partition coefficient (Wildman–Crippen LogP) is 1.56. The highest BCUT2D eigenvalue weighted by atomic mass is 16.7. The van der Waals surface area contributed by atoms with Crippen molar-refractivity contribution in [3.05, 3.63) is 23.8 Å². The van der Waals surface area contributed by atoms with Crippen molar-refractivity contribution in [3.8, 4) is 0 Å². The molecule has 2 saturated heterocycles. The summed E-state index contributed by atoms with van der Waals surface area (Å²) in [5.74, 6) is -3.37. The van der Waals surface area contributed by atoms with Gasteiger partial charge in [0.15, 0.2) is 18.4 Å². The number of ether oxygens (including phenoxy) is 7. The van der Waals surface area contributed by atoms with Gasteiger partial charge in [-0.3, -0.25) is 9.59 Å². The Labute approximate surface area is 319 Å². The predicted molar refractivity (Wildman–Crippen MR) is 196 cm³/mol. The van der Waals surface area contributed by atoms with Crippen molar-refractivity contribution in [2.24, 2.45) is 23.7 Å².